The largest absolute Gasteiger partial charge is 0.491 e. The number of rotatable bonds is 5. The van der Waals surface area contributed by atoms with Crippen LogP contribution in [0.25, 0.3) is 0 Å². The van der Waals surface area contributed by atoms with Gasteiger partial charge in [-0.2, -0.15) is 0 Å². The summed E-state index contributed by atoms with van der Waals surface area (Å²) in [4.78, 5) is 14.1. The SMILES string of the molecule is CCOc1ccc(C(=O)CN2CCNCC2)cc1F. The van der Waals surface area contributed by atoms with E-state index in [-0.39, 0.29) is 11.5 Å². The van der Waals surface area contributed by atoms with Crippen molar-refractivity contribution in [2.75, 3.05) is 39.3 Å². The predicted molar refractivity (Wildman–Crippen MR) is 71.2 cm³/mol. The van der Waals surface area contributed by atoms with Gasteiger partial charge in [-0.15, -0.1) is 0 Å². The maximum Gasteiger partial charge on any atom is 0.176 e. The summed E-state index contributed by atoms with van der Waals surface area (Å²) in [5.74, 6) is -0.335. The molecule has 4 nitrogen and oxygen atoms in total. The normalized spacial score (nSPS) is 16.3. The Kier molecular flexibility index (Phi) is 4.87. The molecule has 0 amide bonds. The third-order valence-electron chi connectivity index (χ3n) is 3.13. The minimum atomic E-state index is -0.479. The number of benzene rings is 1. The second-order valence-electron chi connectivity index (χ2n) is 4.53. The molecule has 1 saturated heterocycles. The molecule has 2 rings (SSSR count). The third kappa shape index (κ3) is 3.75. The fraction of sp³-hybridized carbons (Fsp3) is 0.500. The molecule has 104 valence electrons. The fourth-order valence-electron chi connectivity index (χ4n) is 2.11. The molecule has 0 spiro atoms. The average Bonchev–Trinajstić information content (AvgIpc) is 2.42. The minimum absolute atomic E-state index is 0.0520. The van der Waals surface area contributed by atoms with Gasteiger partial charge in [-0.3, -0.25) is 9.69 Å². The first kappa shape index (κ1) is 14.0. The van der Waals surface area contributed by atoms with Gasteiger partial charge >= 0.3 is 0 Å². The Hall–Kier alpha value is -1.46. The zero-order valence-corrected chi connectivity index (χ0v) is 11.1. The van der Waals surface area contributed by atoms with Crippen LogP contribution in [0.15, 0.2) is 18.2 Å². The summed E-state index contributed by atoms with van der Waals surface area (Å²) in [6.07, 6.45) is 0. The van der Waals surface area contributed by atoms with Crippen molar-refractivity contribution in [3.8, 4) is 5.75 Å². The average molecular weight is 266 g/mol. The quantitative estimate of drug-likeness (QED) is 0.816. The van der Waals surface area contributed by atoms with Gasteiger partial charge in [0.25, 0.3) is 0 Å². The molecule has 1 heterocycles. The van der Waals surface area contributed by atoms with Gasteiger partial charge in [0.1, 0.15) is 0 Å². The van der Waals surface area contributed by atoms with Gasteiger partial charge in [0.05, 0.1) is 13.2 Å². The van der Waals surface area contributed by atoms with Crippen molar-refractivity contribution in [1.82, 2.24) is 10.2 Å². The summed E-state index contributed by atoms with van der Waals surface area (Å²) < 4.78 is 18.8. The lowest BCUT2D eigenvalue weighted by Crippen LogP contribution is -2.45. The summed E-state index contributed by atoms with van der Waals surface area (Å²) >= 11 is 0. The van der Waals surface area contributed by atoms with Gasteiger partial charge in [0.2, 0.25) is 0 Å². The topological polar surface area (TPSA) is 41.6 Å². The van der Waals surface area contributed by atoms with Gasteiger partial charge in [0.15, 0.2) is 17.3 Å². The molecular formula is C14H19FN2O2. The van der Waals surface area contributed by atoms with Crippen LogP contribution in [-0.2, 0) is 0 Å². The van der Waals surface area contributed by atoms with Crippen LogP contribution in [0, 0.1) is 5.82 Å². The van der Waals surface area contributed by atoms with E-state index in [1.165, 1.54) is 12.1 Å². The van der Waals surface area contributed by atoms with E-state index in [1.807, 2.05) is 0 Å². The minimum Gasteiger partial charge on any atom is -0.491 e. The van der Waals surface area contributed by atoms with Crippen molar-refractivity contribution < 1.29 is 13.9 Å². The molecule has 0 aliphatic carbocycles. The van der Waals surface area contributed by atoms with Crippen LogP contribution < -0.4 is 10.1 Å². The number of ether oxygens (including phenoxy) is 1. The van der Waals surface area contributed by atoms with Gasteiger partial charge in [-0.1, -0.05) is 0 Å². The second-order valence-corrected chi connectivity index (χ2v) is 4.53. The zero-order chi connectivity index (χ0) is 13.7. The standard InChI is InChI=1S/C14H19FN2O2/c1-2-19-14-4-3-11(9-12(14)15)13(18)10-17-7-5-16-6-8-17/h3-4,9,16H,2,5-8,10H2,1H3. The van der Waals surface area contributed by atoms with E-state index >= 15 is 0 Å². The van der Waals surface area contributed by atoms with E-state index in [9.17, 15) is 9.18 Å². The van der Waals surface area contributed by atoms with Crippen LogP contribution in [0.2, 0.25) is 0 Å². The first-order valence-corrected chi connectivity index (χ1v) is 6.59. The van der Waals surface area contributed by atoms with E-state index in [2.05, 4.69) is 10.2 Å². The molecular weight excluding hydrogens is 247 g/mol. The van der Waals surface area contributed by atoms with Gasteiger partial charge < -0.3 is 10.1 Å². The lowest BCUT2D eigenvalue weighted by Gasteiger charge is -2.26. The Bertz CT molecular complexity index is 445. The lowest BCUT2D eigenvalue weighted by molar-refractivity contribution is 0.0921. The number of hydrogen-bond acceptors (Lipinski definition) is 4. The summed E-state index contributed by atoms with van der Waals surface area (Å²) in [6, 6.07) is 4.40. The Morgan fingerprint density at radius 3 is 2.79 bits per heavy atom. The molecule has 1 aromatic rings. The molecule has 0 unspecified atom stereocenters. The Balaban J connectivity index is 2.00. The monoisotopic (exact) mass is 266 g/mol. The highest BCUT2D eigenvalue weighted by atomic mass is 19.1. The van der Waals surface area contributed by atoms with E-state index < -0.39 is 5.82 Å². The molecule has 19 heavy (non-hydrogen) atoms. The van der Waals surface area contributed by atoms with E-state index in [4.69, 9.17) is 4.74 Å². The van der Waals surface area contributed by atoms with E-state index in [0.717, 1.165) is 26.2 Å². The number of ketones is 1. The van der Waals surface area contributed by atoms with Crippen molar-refractivity contribution in [2.24, 2.45) is 0 Å². The summed E-state index contributed by atoms with van der Waals surface area (Å²) in [6.45, 7) is 6.04. The summed E-state index contributed by atoms with van der Waals surface area (Å²) in [5.41, 5.74) is 0.402. The number of hydrogen-bond donors (Lipinski definition) is 1. The highest BCUT2D eigenvalue weighted by Gasteiger charge is 2.16. The zero-order valence-electron chi connectivity index (χ0n) is 11.1. The van der Waals surface area contributed by atoms with Gasteiger partial charge in [-0.05, 0) is 25.1 Å². The van der Waals surface area contributed by atoms with Crippen LogP contribution in [0.4, 0.5) is 4.39 Å². The molecule has 1 aliphatic rings. The molecule has 0 aromatic heterocycles. The van der Waals surface area contributed by atoms with Crippen LogP contribution in [0.1, 0.15) is 17.3 Å². The van der Waals surface area contributed by atoms with Gasteiger partial charge in [-0.25, -0.2) is 4.39 Å². The van der Waals surface area contributed by atoms with Crippen LogP contribution in [-0.4, -0.2) is 50.0 Å². The lowest BCUT2D eigenvalue weighted by atomic mass is 10.1. The summed E-state index contributed by atoms with van der Waals surface area (Å²) in [5, 5.41) is 3.23. The molecule has 5 heteroatoms. The van der Waals surface area contributed by atoms with Crippen molar-refractivity contribution in [1.29, 1.82) is 0 Å². The second kappa shape index (κ2) is 6.63. The van der Waals surface area contributed by atoms with E-state index in [1.54, 1.807) is 13.0 Å². The van der Waals surface area contributed by atoms with Crippen LogP contribution in [0.5, 0.6) is 5.75 Å². The molecule has 0 bridgehead atoms. The van der Waals surface area contributed by atoms with Crippen LogP contribution >= 0.6 is 0 Å². The highest BCUT2D eigenvalue weighted by molar-refractivity contribution is 5.97. The Morgan fingerprint density at radius 2 is 2.16 bits per heavy atom. The molecule has 1 aromatic carbocycles. The number of piperazine rings is 1. The number of Topliss-reactive ketones (excluding diaryl/α,β-unsaturated/α-hetero) is 1. The first-order valence-electron chi connectivity index (χ1n) is 6.59. The van der Waals surface area contributed by atoms with Crippen molar-refractivity contribution in [3.63, 3.8) is 0 Å². The highest BCUT2D eigenvalue weighted by Crippen LogP contribution is 2.18. The Morgan fingerprint density at radius 1 is 1.42 bits per heavy atom. The molecule has 1 N–H and O–H groups in total. The van der Waals surface area contributed by atoms with Gasteiger partial charge in [0, 0.05) is 31.7 Å². The maximum absolute atomic E-state index is 13.7. The first-order chi connectivity index (χ1) is 9.20. The molecule has 1 aliphatic heterocycles. The smallest absolute Gasteiger partial charge is 0.176 e. The predicted octanol–water partition coefficient (Wildman–Crippen LogP) is 1.31. The number of carbonyl (C=O) groups excluding carboxylic acids is 1. The number of halogens is 1. The molecule has 0 saturated carbocycles. The summed E-state index contributed by atoms with van der Waals surface area (Å²) in [7, 11) is 0. The van der Waals surface area contributed by atoms with Crippen molar-refractivity contribution in [2.45, 2.75) is 6.92 Å². The number of nitrogens with zero attached hydrogens (tertiary/aromatic N) is 1. The van der Waals surface area contributed by atoms with Crippen molar-refractivity contribution >= 4 is 5.78 Å². The van der Waals surface area contributed by atoms with Crippen LogP contribution in [0.3, 0.4) is 0 Å². The molecule has 0 radical (unpaired) electrons. The van der Waals surface area contributed by atoms with E-state index in [0.29, 0.717) is 18.7 Å². The molecule has 0 atom stereocenters. The fourth-order valence-corrected chi connectivity index (χ4v) is 2.11. The molecule has 1 fully saturated rings. The maximum atomic E-state index is 13.7. The van der Waals surface area contributed by atoms with Crippen molar-refractivity contribution in [3.05, 3.63) is 29.6 Å². The third-order valence-corrected chi connectivity index (χ3v) is 3.13. The number of carbonyl (C=O) groups is 1. The Labute approximate surface area is 112 Å². The number of nitrogens with one attached hydrogen (secondary N) is 1.